The molecule has 0 radical (unpaired) electrons. The van der Waals surface area contributed by atoms with Crippen LogP contribution in [-0.2, 0) is 4.79 Å². The monoisotopic (exact) mass is 424 g/mol. The van der Waals surface area contributed by atoms with Crippen LogP contribution in [0.25, 0.3) is 0 Å². The van der Waals surface area contributed by atoms with E-state index in [1.165, 1.54) is 13.2 Å². The van der Waals surface area contributed by atoms with Gasteiger partial charge in [0.25, 0.3) is 5.91 Å². The highest BCUT2D eigenvalue weighted by Gasteiger charge is 2.12. The van der Waals surface area contributed by atoms with Crippen molar-refractivity contribution in [1.82, 2.24) is 10.6 Å². The molecule has 0 fully saturated rings. The molecule has 2 amide bonds. The fraction of sp³-hybridized carbons (Fsp3) is 0.300. The van der Waals surface area contributed by atoms with Crippen molar-refractivity contribution in [3.05, 3.63) is 58.1 Å². The van der Waals surface area contributed by atoms with Crippen LogP contribution in [0.2, 0.25) is 10.0 Å². The molecule has 0 aliphatic carbocycles. The van der Waals surface area contributed by atoms with Crippen LogP contribution in [0.3, 0.4) is 0 Å². The average Bonchev–Trinajstić information content (AvgIpc) is 2.69. The largest absolute Gasteiger partial charge is 0.496 e. The van der Waals surface area contributed by atoms with Gasteiger partial charge >= 0.3 is 0 Å². The molecule has 0 saturated heterocycles. The normalized spacial score (nSPS) is 10.2. The molecule has 0 aromatic heterocycles. The highest BCUT2D eigenvalue weighted by Crippen LogP contribution is 2.23. The maximum absolute atomic E-state index is 12.2. The Hall–Kier alpha value is -2.44. The first-order valence-corrected chi connectivity index (χ1v) is 9.52. The smallest absolute Gasteiger partial charge is 0.255 e. The quantitative estimate of drug-likeness (QED) is 0.569. The average molecular weight is 425 g/mol. The fourth-order valence-electron chi connectivity index (χ4n) is 2.40. The van der Waals surface area contributed by atoms with E-state index in [9.17, 15) is 9.59 Å². The molecule has 2 aromatic carbocycles. The summed E-state index contributed by atoms with van der Waals surface area (Å²) in [5.41, 5.74) is 0.345. The lowest BCUT2D eigenvalue weighted by molar-refractivity contribution is -0.121. The van der Waals surface area contributed by atoms with Gasteiger partial charge in [0, 0.05) is 24.5 Å². The number of nitrogens with one attached hydrogen (secondary N) is 2. The van der Waals surface area contributed by atoms with Crippen molar-refractivity contribution >= 4 is 35.0 Å². The van der Waals surface area contributed by atoms with E-state index in [0.717, 1.165) is 0 Å². The van der Waals surface area contributed by atoms with Gasteiger partial charge < -0.3 is 20.1 Å². The molecule has 8 heteroatoms. The molecule has 2 N–H and O–H groups in total. The minimum atomic E-state index is -0.318. The van der Waals surface area contributed by atoms with Gasteiger partial charge in [0.2, 0.25) is 5.91 Å². The summed E-state index contributed by atoms with van der Waals surface area (Å²) in [7, 11) is 1.48. The van der Waals surface area contributed by atoms with Gasteiger partial charge in [0.1, 0.15) is 11.5 Å². The minimum Gasteiger partial charge on any atom is -0.496 e. The predicted molar refractivity (Wildman–Crippen MR) is 110 cm³/mol. The number of hydrogen-bond donors (Lipinski definition) is 2. The molecule has 0 heterocycles. The number of ether oxygens (including phenoxy) is 2. The lowest BCUT2D eigenvalue weighted by atomic mass is 10.2. The van der Waals surface area contributed by atoms with Crippen molar-refractivity contribution in [3.63, 3.8) is 0 Å². The first-order chi connectivity index (χ1) is 13.5. The number of para-hydroxylation sites is 1. The van der Waals surface area contributed by atoms with Gasteiger partial charge in [0.15, 0.2) is 0 Å². The van der Waals surface area contributed by atoms with E-state index in [0.29, 0.717) is 53.1 Å². The Kier molecular flexibility index (Phi) is 8.91. The second-order valence-corrected chi connectivity index (χ2v) is 6.68. The Bertz CT molecular complexity index is 815. The Balaban J connectivity index is 1.63. The number of rotatable bonds is 10. The molecule has 0 atom stereocenters. The van der Waals surface area contributed by atoms with E-state index in [-0.39, 0.29) is 18.4 Å². The highest BCUT2D eigenvalue weighted by atomic mass is 35.5. The Labute approximate surface area is 174 Å². The SMILES string of the molecule is COc1ccc(Cl)cc1C(=O)NCCNC(=O)CCCOc1ccccc1Cl. The molecule has 150 valence electrons. The molecular formula is C20H22Cl2N2O4. The van der Waals surface area contributed by atoms with E-state index in [1.807, 2.05) is 12.1 Å². The number of benzene rings is 2. The maximum Gasteiger partial charge on any atom is 0.255 e. The number of amides is 2. The first kappa shape index (κ1) is 21.9. The lowest BCUT2D eigenvalue weighted by Crippen LogP contribution is -2.34. The number of carbonyl (C=O) groups is 2. The van der Waals surface area contributed by atoms with Crippen LogP contribution in [0.4, 0.5) is 0 Å². The summed E-state index contributed by atoms with van der Waals surface area (Å²) in [6.45, 7) is 0.998. The van der Waals surface area contributed by atoms with Crippen molar-refractivity contribution in [2.24, 2.45) is 0 Å². The molecule has 0 bridgehead atoms. The summed E-state index contributed by atoms with van der Waals surface area (Å²) in [4.78, 5) is 24.0. The summed E-state index contributed by atoms with van der Waals surface area (Å²) >= 11 is 11.9. The molecular weight excluding hydrogens is 403 g/mol. The molecule has 2 rings (SSSR count). The van der Waals surface area contributed by atoms with Gasteiger partial charge in [-0.05, 0) is 36.8 Å². The minimum absolute atomic E-state index is 0.114. The zero-order chi connectivity index (χ0) is 20.4. The number of methoxy groups -OCH3 is 1. The topological polar surface area (TPSA) is 76.7 Å². The third-order valence-corrected chi connectivity index (χ3v) is 4.33. The van der Waals surface area contributed by atoms with E-state index >= 15 is 0 Å². The van der Waals surface area contributed by atoms with Crippen molar-refractivity contribution in [2.45, 2.75) is 12.8 Å². The van der Waals surface area contributed by atoms with Crippen LogP contribution in [0, 0.1) is 0 Å². The van der Waals surface area contributed by atoms with Crippen LogP contribution in [0.15, 0.2) is 42.5 Å². The van der Waals surface area contributed by atoms with Gasteiger partial charge in [-0.3, -0.25) is 9.59 Å². The van der Waals surface area contributed by atoms with Gasteiger partial charge in [-0.2, -0.15) is 0 Å². The number of carbonyl (C=O) groups excluding carboxylic acids is 2. The van der Waals surface area contributed by atoms with Crippen LogP contribution in [0.5, 0.6) is 11.5 Å². The van der Waals surface area contributed by atoms with Crippen molar-refractivity contribution in [1.29, 1.82) is 0 Å². The van der Waals surface area contributed by atoms with Crippen LogP contribution < -0.4 is 20.1 Å². The number of halogens is 2. The lowest BCUT2D eigenvalue weighted by Gasteiger charge is -2.10. The Morgan fingerprint density at radius 2 is 1.75 bits per heavy atom. The Morgan fingerprint density at radius 3 is 2.50 bits per heavy atom. The predicted octanol–water partition coefficient (Wildman–Crippen LogP) is 3.71. The summed E-state index contributed by atoms with van der Waals surface area (Å²) in [6, 6.07) is 12.0. The van der Waals surface area contributed by atoms with Gasteiger partial charge in [-0.15, -0.1) is 0 Å². The number of hydrogen-bond acceptors (Lipinski definition) is 4. The van der Waals surface area contributed by atoms with Crippen molar-refractivity contribution in [2.75, 3.05) is 26.8 Å². The molecule has 28 heavy (non-hydrogen) atoms. The zero-order valence-electron chi connectivity index (χ0n) is 15.5. The van der Waals surface area contributed by atoms with Gasteiger partial charge in [-0.25, -0.2) is 0 Å². The summed E-state index contributed by atoms with van der Waals surface area (Å²) < 4.78 is 10.7. The summed E-state index contributed by atoms with van der Waals surface area (Å²) in [5, 5.41) is 6.45. The van der Waals surface area contributed by atoms with E-state index in [2.05, 4.69) is 10.6 Å². The van der Waals surface area contributed by atoms with Crippen molar-refractivity contribution < 1.29 is 19.1 Å². The van der Waals surface area contributed by atoms with Gasteiger partial charge in [0.05, 0.1) is 24.3 Å². The molecule has 0 spiro atoms. The first-order valence-electron chi connectivity index (χ1n) is 8.77. The Morgan fingerprint density at radius 1 is 1.00 bits per heavy atom. The zero-order valence-corrected chi connectivity index (χ0v) is 17.0. The fourth-order valence-corrected chi connectivity index (χ4v) is 2.76. The molecule has 6 nitrogen and oxygen atoms in total. The molecule has 0 aliphatic heterocycles. The van der Waals surface area contributed by atoms with Gasteiger partial charge in [-0.1, -0.05) is 35.3 Å². The van der Waals surface area contributed by atoms with Crippen LogP contribution in [0.1, 0.15) is 23.2 Å². The van der Waals surface area contributed by atoms with Crippen molar-refractivity contribution in [3.8, 4) is 11.5 Å². The third-order valence-electron chi connectivity index (χ3n) is 3.78. The summed E-state index contributed by atoms with van der Waals surface area (Å²) in [6.07, 6.45) is 0.879. The summed E-state index contributed by atoms with van der Waals surface area (Å²) in [5.74, 6) is 0.604. The second kappa shape index (κ2) is 11.4. The van der Waals surface area contributed by atoms with E-state index in [1.54, 1.807) is 24.3 Å². The second-order valence-electron chi connectivity index (χ2n) is 5.83. The maximum atomic E-state index is 12.2. The molecule has 0 unspecified atom stereocenters. The van der Waals surface area contributed by atoms with Crippen LogP contribution in [-0.4, -0.2) is 38.6 Å². The molecule has 2 aromatic rings. The highest BCUT2D eigenvalue weighted by molar-refractivity contribution is 6.32. The van der Waals surface area contributed by atoms with E-state index in [4.69, 9.17) is 32.7 Å². The standard InChI is InChI=1S/C20H22Cl2N2O4/c1-27-17-9-8-14(21)13-15(17)20(26)24-11-10-23-19(25)7-4-12-28-18-6-3-2-5-16(18)22/h2-3,5-6,8-9,13H,4,7,10-12H2,1H3,(H,23,25)(H,24,26). The van der Waals surface area contributed by atoms with E-state index < -0.39 is 0 Å². The third kappa shape index (κ3) is 6.94. The van der Waals surface area contributed by atoms with Crippen LogP contribution >= 0.6 is 23.2 Å². The molecule has 0 aliphatic rings. The molecule has 0 saturated carbocycles.